The highest BCUT2D eigenvalue weighted by molar-refractivity contribution is 5.81. The van der Waals surface area contributed by atoms with E-state index in [9.17, 15) is 9.59 Å². The molecule has 0 aliphatic carbocycles. The van der Waals surface area contributed by atoms with E-state index in [1.54, 1.807) is 13.2 Å². The largest absolute Gasteiger partial charge is 0.345 e. The number of rotatable bonds is 5. The topological polar surface area (TPSA) is 58.2 Å². The van der Waals surface area contributed by atoms with Gasteiger partial charge < -0.3 is 10.6 Å². The number of carbonyl (C=O) groups is 1. The summed E-state index contributed by atoms with van der Waals surface area (Å²) in [4.78, 5) is 20.8. The molecule has 0 aromatic heterocycles. The first kappa shape index (κ1) is 10.1. The van der Waals surface area contributed by atoms with Gasteiger partial charge in [-0.2, -0.15) is 0 Å². The Morgan fingerprint density at radius 2 is 2.27 bits per heavy atom. The van der Waals surface area contributed by atoms with Crippen LogP contribution in [0.15, 0.2) is 0 Å². The number of carbonyl (C=O) groups excluding carboxylic acids is 2. The lowest BCUT2D eigenvalue weighted by atomic mass is 10.4. The summed E-state index contributed by atoms with van der Waals surface area (Å²) in [5.74, 6) is -0.178. The number of amides is 1. The van der Waals surface area contributed by atoms with Crippen molar-refractivity contribution in [3.63, 3.8) is 0 Å². The summed E-state index contributed by atoms with van der Waals surface area (Å²) in [7, 11) is 0. The summed E-state index contributed by atoms with van der Waals surface area (Å²) in [6.07, 6.45) is 1.66. The van der Waals surface area contributed by atoms with E-state index < -0.39 is 6.04 Å². The van der Waals surface area contributed by atoms with E-state index in [2.05, 4.69) is 10.6 Å². The van der Waals surface area contributed by atoms with E-state index in [0.717, 1.165) is 6.54 Å². The van der Waals surface area contributed by atoms with Crippen LogP contribution in [-0.4, -0.2) is 31.3 Å². The number of hydrogen-bond acceptors (Lipinski definition) is 3. The monoisotopic (exact) mass is 157 g/mol. The average Bonchev–Trinajstić information content (AvgIpc) is 2.00. The predicted octanol–water partition coefficient (Wildman–Crippen LogP) is -0.790. The Morgan fingerprint density at radius 1 is 1.64 bits per heavy atom. The van der Waals surface area contributed by atoms with E-state index in [1.807, 2.05) is 6.92 Å². The minimum absolute atomic E-state index is 0.178. The summed E-state index contributed by atoms with van der Waals surface area (Å²) in [6, 6.07) is -0.513. The first-order valence-corrected chi connectivity index (χ1v) is 3.58. The maximum absolute atomic E-state index is 10.8. The molecule has 0 saturated carbocycles. The van der Waals surface area contributed by atoms with Crippen LogP contribution in [0.2, 0.25) is 0 Å². The third-order valence-electron chi connectivity index (χ3n) is 1.09. The molecule has 0 aliphatic heterocycles. The fraction of sp³-hybridized carbons (Fsp3) is 0.714. The zero-order chi connectivity index (χ0) is 8.69. The summed E-state index contributed by atoms with van der Waals surface area (Å²) in [6.45, 7) is 4.48. The van der Waals surface area contributed by atoms with Gasteiger partial charge in [0, 0.05) is 0 Å². The SMILES string of the molecule is CCNCC(=O)NC(C)[C]=O. The Morgan fingerprint density at radius 3 is 2.73 bits per heavy atom. The van der Waals surface area contributed by atoms with Crippen LogP contribution in [-0.2, 0) is 9.59 Å². The summed E-state index contributed by atoms with van der Waals surface area (Å²) >= 11 is 0. The van der Waals surface area contributed by atoms with Gasteiger partial charge in [-0.25, -0.2) is 0 Å². The molecule has 0 spiro atoms. The van der Waals surface area contributed by atoms with Crippen LogP contribution in [0.25, 0.3) is 0 Å². The average molecular weight is 157 g/mol. The van der Waals surface area contributed by atoms with E-state index in [0.29, 0.717) is 0 Å². The summed E-state index contributed by atoms with van der Waals surface area (Å²) < 4.78 is 0. The van der Waals surface area contributed by atoms with Crippen molar-refractivity contribution in [2.24, 2.45) is 0 Å². The molecule has 4 nitrogen and oxygen atoms in total. The Labute approximate surface area is 66.4 Å². The highest BCUT2D eigenvalue weighted by atomic mass is 16.2. The number of likely N-dealkylation sites (N-methyl/N-ethyl adjacent to an activating group) is 1. The smallest absolute Gasteiger partial charge is 0.234 e. The van der Waals surface area contributed by atoms with Crippen molar-refractivity contribution in [2.45, 2.75) is 19.9 Å². The molecule has 0 aromatic carbocycles. The molecule has 0 saturated heterocycles. The molecule has 0 bridgehead atoms. The van der Waals surface area contributed by atoms with Crippen LogP contribution >= 0.6 is 0 Å². The van der Waals surface area contributed by atoms with Crippen LogP contribution in [0.3, 0.4) is 0 Å². The molecule has 63 valence electrons. The van der Waals surface area contributed by atoms with Crippen molar-refractivity contribution in [3.8, 4) is 0 Å². The van der Waals surface area contributed by atoms with E-state index in [-0.39, 0.29) is 12.5 Å². The third kappa shape index (κ3) is 5.54. The van der Waals surface area contributed by atoms with Gasteiger partial charge in [-0.1, -0.05) is 6.92 Å². The number of nitrogens with one attached hydrogen (secondary N) is 2. The van der Waals surface area contributed by atoms with Crippen LogP contribution < -0.4 is 10.6 Å². The minimum Gasteiger partial charge on any atom is -0.345 e. The van der Waals surface area contributed by atoms with Crippen LogP contribution in [0.4, 0.5) is 0 Å². The van der Waals surface area contributed by atoms with E-state index in [1.165, 1.54) is 0 Å². The van der Waals surface area contributed by atoms with Gasteiger partial charge in [-0.15, -0.1) is 0 Å². The maximum atomic E-state index is 10.8. The molecule has 4 heteroatoms. The predicted molar refractivity (Wildman–Crippen MR) is 41.8 cm³/mol. The first-order valence-electron chi connectivity index (χ1n) is 3.58. The second kappa shape index (κ2) is 5.85. The van der Waals surface area contributed by atoms with Crippen molar-refractivity contribution in [3.05, 3.63) is 0 Å². The van der Waals surface area contributed by atoms with Gasteiger partial charge in [0.25, 0.3) is 0 Å². The molecular formula is C7H13N2O2. The summed E-state index contributed by atoms with van der Waals surface area (Å²) in [5.41, 5.74) is 0. The van der Waals surface area contributed by atoms with Crippen LogP contribution in [0, 0.1) is 0 Å². The van der Waals surface area contributed by atoms with Crippen molar-refractivity contribution < 1.29 is 9.59 Å². The van der Waals surface area contributed by atoms with Gasteiger partial charge in [0.15, 0.2) is 0 Å². The normalized spacial score (nSPS) is 12.2. The van der Waals surface area contributed by atoms with Crippen molar-refractivity contribution in [1.82, 2.24) is 10.6 Å². The minimum atomic E-state index is -0.513. The lowest BCUT2D eigenvalue weighted by molar-refractivity contribution is -0.120. The van der Waals surface area contributed by atoms with Gasteiger partial charge in [0.05, 0.1) is 12.6 Å². The highest BCUT2D eigenvalue weighted by Crippen LogP contribution is 1.73. The molecule has 0 rings (SSSR count). The molecule has 0 aliphatic rings. The molecule has 0 aromatic rings. The lowest BCUT2D eigenvalue weighted by Gasteiger charge is -2.05. The maximum Gasteiger partial charge on any atom is 0.234 e. The van der Waals surface area contributed by atoms with Crippen LogP contribution in [0.1, 0.15) is 13.8 Å². The molecule has 0 fully saturated rings. The fourth-order valence-corrected chi connectivity index (χ4v) is 0.561. The quantitative estimate of drug-likeness (QED) is 0.550. The zero-order valence-corrected chi connectivity index (χ0v) is 6.81. The van der Waals surface area contributed by atoms with Gasteiger partial charge in [-0.05, 0) is 13.5 Å². The first-order chi connectivity index (χ1) is 5.20. The van der Waals surface area contributed by atoms with Gasteiger partial charge in [-0.3, -0.25) is 9.59 Å². The summed E-state index contributed by atoms with van der Waals surface area (Å²) in [5, 5.41) is 5.27. The van der Waals surface area contributed by atoms with Gasteiger partial charge in [0.2, 0.25) is 12.2 Å². The van der Waals surface area contributed by atoms with Crippen molar-refractivity contribution in [2.75, 3.05) is 13.1 Å². The molecule has 2 N–H and O–H groups in total. The van der Waals surface area contributed by atoms with Crippen molar-refractivity contribution >= 4 is 12.2 Å². The lowest BCUT2D eigenvalue weighted by Crippen LogP contribution is -2.39. The zero-order valence-electron chi connectivity index (χ0n) is 6.81. The van der Waals surface area contributed by atoms with E-state index >= 15 is 0 Å². The van der Waals surface area contributed by atoms with Crippen LogP contribution in [0.5, 0.6) is 0 Å². The Kier molecular flexibility index (Phi) is 5.37. The molecule has 1 atom stereocenters. The Hall–Kier alpha value is -0.900. The fourth-order valence-electron chi connectivity index (χ4n) is 0.561. The Bertz CT molecular complexity index is 136. The molecule has 1 amide bonds. The second-order valence-corrected chi connectivity index (χ2v) is 2.19. The Balaban J connectivity index is 3.43. The number of hydrogen-bond donors (Lipinski definition) is 2. The molecule has 1 radical (unpaired) electrons. The highest BCUT2D eigenvalue weighted by Gasteiger charge is 2.04. The molecule has 1 unspecified atom stereocenters. The third-order valence-corrected chi connectivity index (χ3v) is 1.09. The molecule has 0 heterocycles. The standard InChI is InChI=1S/C7H13N2O2/c1-3-8-4-7(11)9-6(2)5-10/h6,8H,3-4H2,1-2H3,(H,9,11). The molecular weight excluding hydrogens is 144 g/mol. The second-order valence-electron chi connectivity index (χ2n) is 2.19. The molecule has 11 heavy (non-hydrogen) atoms. The van der Waals surface area contributed by atoms with Gasteiger partial charge in [0.1, 0.15) is 0 Å². The van der Waals surface area contributed by atoms with Gasteiger partial charge >= 0.3 is 0 Å². The van der Waals surface area contributed by atoms with E-state index in [4.69, 9.17) is 0 Å². The van der Waals surface area contributed by atoms with Crippen molar-refractivity contribution in [1.29, 1.82) is 0 Å².